The number of nitriles is 1. The molecule has 3 rings (SSSR count). The van der Waals surface area contributed by atoms with Gasteiger partial charge in [-0.15, -0.1) is 11.3 Å². The molecule has 0 saturated carbocycles. The first kappa shape index (κ1) is 18.2. The molecule has 7 heteroatoms. The summed E-state index contributed by atoms with van der Waals surface area (Å²) >= 11 is 7.09. The maximum Gasteiger partial charge on any atom is 0.216 e. The summed E-state index contributed by atoms with van der Waals surface area (Å²) in [6, 6.07) is 18.3. The van der Waals surface area contributed by atoms with Gasteiger partial charge in [0.1, 0.15) is 17.6 Å². The molecule has 3 aromatic rings. The molecule has 0 N–H and O–H groups in total. The van der Waals surface area contributed by atoms with E-state index in [1.807, 2.05) is 18.2 Å². The van der Waals surface area contributed by atoms with Gasteiger partial charge in [0.05, 0.1) is 9.77 Å². The number of ether oxygens (including phenoxy) is 1. The molecule has 0 aliphatic carbocycles. The number of halogens is 1. The van der Waals surface area contributed by atoms with Crippen LogP contribution in [0.1, 0.15) is 4.88 Å². The molecule has 2 aromatic carbocycles. The van der Waals surface area contributed by atoms with Crippen molar-refractivity contribution >= 4 is 38.9 Å². The van der Waals surface area contributed by atoms with Crippen LogP contribution in [0.15, 0.2) is 75.8 Å². The maximum absolute atomic E-state index is 12.7. The van der Waals surface area contributed by atoms with Crippen molar-refractivity contribution < 1.29 is 13.2 Å². The number of nitrogens with zero attached hydrogens (tertiary/aromatic N) is 1. The first-order chi connectivity index (χ1) is 12.5. The van der Waals surface area contributed by atoms with Gasteiger partial charge in [0.25, 0.3) is 0 Å². The van der Waals surface area contributed by atoms with Crippen molar-refractivity contribution in [2.24, 2.45) is 0 Å². The molecule has 26 heavy (non-hydrogen) atoms. The smallest absolute Gasteiger partial charge is 0.216 e. The van der Waals surface area contributed by atoms with Crippen molar-refractivity contribution in [2.45, 2.75) is 4.90 Å². The number of benzene rings is 2. The summed E-state index contributed by atoms with van der Waals surface area (Å²) in [5.41, 5.74) is 0. The predicted molar refractivity (Wildman–Crippen MR) is 103 cm³/mol. The van der Waals surface area contributed by atoms with E-state index in [0.717, 1.165) is 0 Å². The van der Waals surface area contributed by atoms with Crippen LogP contribution >= 0.6 is 22.9 Å². The largest absolute Gasteiger partial charge is 0.456 e. The lowest BCUT2D eigenvalue weighted by Gasteiger charge is -2.06. The van der Waals surface area contributed by atoms with E-state index in [9.17, 15) is 13.7 Å². The summed E-state index contributed by atoms with van der Waals surface area (Å²) in [6.07, 6.45) is 1.33. The second kappa shape index (κ2) is 7.75. The van der Waals surface area contributed by atoms with Crippen LogP contribution < -0.4 is 4.74 Å². The maximum atomic E-state index is 12.7. The zero-order valence-electron chi connectivity index (χ0n) is 13.3. The highest BCUT2D eigenvalue weighted by atomic mass is 35.5. The third kappa shape index (κ3) is 3.97. The summed E-state index contributed by atoms with van der Waals surface area (Å²) in [6.45, 7) is 0. The van der Waals surface area contributed by atoms with Crippen LogP contribution in [-0.2, 0) is 9.84 Å². The number of hydrogen-bond donors (Lipinski definition) is 0. The third-order valence-electron chi connectivity index (χ3n) is 3.41. The first-order valence-corrected chi connectivity index (χ1v) is 10.2. The molecule has 0 unspecified atom stereocenters. The molecule has 0 aliphatic rings. The van der Waals surface area contributed by atoms with Gasteiger partial charge in [-0.3, -0.25) is 0 Å². The zero-order chi connectivity index (χ0) is 18.6. The summed E-state index contributed by atoms with van der Waals surface area (Å²) in [4.78, 5) is 0.194. The van der Waals surface area contributed by atoms with Crippen LogP contribution in [-0.4, -0.2) is 8.42 Å². The van der Waals surface area contributed by atoms with Crippen molar-refractivity contribution in [1.29, 1.82) is 5.26 Å². The minimum atomic E-state index is -3.94. The second-order valence-electron chi connectivity index (χ2n) is 5.14. The highest BCUT2D eigenvalue weighted by Crippen LogP contribution is 2.33. The molecule has 1 aromatic heterocycles. The summed E-state index contributed by atoms with van der Waals surface area (Å²) in [7, 11) is -3.94. The van der Waals surface area contributed by atoms with E-state index < -0.39 is 9.84 Å². The number of allylic oxidation sites excluding steroid dienone is 1. The Balaban J connectivity index is 1.97. The molecule has 0 atom stereocenters. The van der Waals surface area contributed by atoms with Crippen molar-refractivity contribution in [2.75, 3.05) is 0 Å². The lowest BCUT2D eigenvalue weighted by atomic mass is 10.3. The molecule has 0 saturated heterocycles. The van der Waals surface area contributed by atoms with E-state index in [0.29, 0.717) is 21.4 Å². The molecule has 0 bridgehead atoms. The van der Waals surface area contributed by atoms with E-state index >= 15 is 0 Å². The van der Waals surface area contributed by atoms with E-state index in [1.165, 1.54) is 41.7 Å². The van der Waals surface area contributed by atoms with Gasteiger partial charge in [0, 0.05) is 5.02 Å². The Labute approximate surface area is 160 Å². The van der Waals surface area contributed by atoms with Gasteiger partial charge in [-0.1, -0.05) is 29.8 Å². The third-order valence-corrected chi connectivity index (χ3v) is 6.19. The molecular weight excluding hydrogens is 390 g/mol. The Hall–Kier alpha value is -2.59. The van der Waals surface area contributed by atoms with Gasteiger partial charge in [0.2, 0.25) is 9.84 Å². The second-order valence-corrected chi connectivity index (χ2v) is 8.44. The van der Waals surface area contributed by atoms with E-state index in [2.05, 4.69) is 0 Å². The Kier molecular flexibility index (Phi) is 5.43. The van der Waals surface area contributed by atoms with Gasteiger partial charge < -0.3 is 4.74 Å². The zero-order valence-corrected chi connectivity index (χ0v) is 15.7. The van der Waals surface area contributed by atoms with Crippen LogP contribution in [0.2, 0.25) is 5.02 Å². The standard InChI is InChI=1S/C19H12ClNO3S2/c20-14-6-8-16(9-7-14)26(22,23)17(13-21)12-19-18(10-11-25-19)24-15-4-2-1-3-5-15/h1-12H/b17-12-. The molecule has 0 aliphatic heterocycles. The number of sulfone groups is 1. The van der Waals surface area contributed by atoms with Crippen molar-refractivity contribution in [3.8, 4) is 17.6 Å². The Morgan fingerprint density at radius 2 is 1.77 bits per heavy atom. The molecule has 0 amide bonds. The normalized spacial score (nSPS) is 11.8. The minimum Gasteiger partial charge on any atom is -0.456 e. The van der Waals surface area contributed by atoms with Gasteiger partial charge in [-0.2, -0.15) is 5.26 Å². The van der Waals surface area contributed by atoms with Crippen LogP contribution in [0, 0.1) is 11.3 Å². The van der Waals surface area contributed by atoms with E-state index in [4.69, 9.17) is 16.3 Å². The highest BCUT2D eigenvalue weighted by molar-refractivity contribution is 7.95. The van der Waals surface area contributed by atoms with E-state index in [-0.39, 0.29) is 9.80 Å². The van der Waals surface area contributed by atoms with Gasteiger partial charge in [0.15, 0.2) is 4.91 Å². The molecule has 0 spiro atoms. The quantitative estimate of drug-likeness (QED) is 0.527. The molecular formula is C19H12ClNO3S2. The summed E-state index contributed by atoms with van der Waals surface area (Å²) < 4.78 is 31.2. The molecule has 0 fully saturated rings. The van der Waals surface area contributed by atoms with Gasteiger partial charge in [-0.25, -0.2) is 8.42 Å². The van der Waals surface area contributed by atoms with Crippen molar-refractivity contribution in [1.82, 2.24) is 0 Å². The monoisotopic (exact) mass is 401 g/mol. The van der Waals surface area contributed by atoms with Crippen LogP contribution in [0.25, 0.3) is 6.08 Å². The molecule has 4 nitrogen and oxygen atoms in total. The van der Waals surface area contributed by atoms with Gasteiger partial charge >= 0.3 is 0 Å². The molecule has 0 radical (unpaired) electrons. The minimum absolute atomic E-state index is 0.0109. The average Bonchev–Trinajstić information content (AvgIpc) is 3.07. The number of thiophene rings is 1. The van der Waals surface area contributed by atoms with Crippen molar-refractivity contribution in [3.05, 3.63) is 80.8 Å². The number of rotatable bonds is 5. The molecule has 130 valence electrons. The topological polar surface area (TPSA) is 67.2 Å². The number of para-hydroxylation sites is 1. The van der Waals surface area contributed by atoms with Crippen LogP contribution in [0.4, 0.5) is 0 Å². The fraction of sp³-hybridized carbons (Fsp3) is 0. The first-order valence-electron chi connectivity index (χ1n) is 7.43. The van der Waals surface area contributed by atoms with Crippen LogP contribution in [0.5, 0.6) is 11.5 Å². The molecule has 1 heterocycles. The lowest BCUT2D eigenvalue weighted by Crippen LogP contribution is -2.03. The SMILES string of the molecule is N#C/C(=C/c1sccc1Oc1ccccc1)S(=O)(=O)c1ccc(Cl)cc1. The predicted octanol–water partition coefficient (Wildman–Crippen LogP) is 5.53. The lowest BCUT2D eigenvalue weighted by molar-refractivity contribution is 0.484. The highest BCUT2D eigenvalue weighted by Gasteiger charge is 2.21. The van der Waals surface area contributed by atoms with Crippen molar-refractivity contribution in [3.63, 3.8) is 0 Å². The number of hydrogen-bond acceptors (Lipinski definition) is 5. The van der Waals surface area contributed by atoms with Crippen LogP contribution in [0.3, 0.4) is 0 Å². The Bertz CT molecular complexity index is 1080. The average molecular weight is 402 g/mol. The Morgan fingerprint density at radius 1 is 1.08 bits per heavy atom. The summed E-state index contributed by atoms with van der Waals surface area (Å²) in [5.74, 6) is 1.11. The Morgan fingerprint density at radius 3 is 2.42 bits per heavy atom. The summed E-state index contributed by atoms with van der Waals surface area (Å²) in [5, 5.41) is 11.6. The van der Waals surface area contributed by atoms with Gasteiger partial charge in [-0.05, 0) is 53.9 Å². The fourth-order valence-electron chi connectivity index (χ4n) is 2.14. The van der Waals surface area contributed by atoms with E-state index in [1.54, 1.807) is 29.6 Å². The fourth-order valence-corrected chi connectivity index (χ4v) is 4.24.